The van der Waals surface area contributed by atoms with Gasteiger partial charge in [-0.1, -0.05) is 63.2 Å². The van der Waals surface area contributed by atoms with Crippen molar-refractivity contribution in [1.29, 1.82) is 0 Å². The summed E-state index contributed by atoms with van der Waals surface area (Å²) >= 11 is 1.57. The van der Waals surface area contributed by atoms with Gasteiger partial charge in [0.15, 0.2) is 6.61 Å². The lowest BCUT2D eigenvalue weighted by Crippen LogP contribution is -2.58. The normalized spacial score (nSPS) is 15.7. The molecule has 0 aliphatic carbocycles. The quantitative estimate of drug-likeness (QED) is 0.0709. The lowest BCUT2D eigenvalue weighted by atomic mass is 9.85. The Balaban J connectivity index is 0.918. The minimum atomic E-state index is -1.02. The van der Waals surface area contributed by atoms with Gasteiger partial charge in [-0.2, -0.15) is 5.10 Å². The van der Waals surface area contributed by atoms with Gasteiger partial charge in [0, 0.05) is 25.2 Å². The van der Waals surface area contributed by atoms with Crippen LogP contribution in [0.25, 0.3) is 21.8 Å². The second kappa shape index (κ2) is 20.2. The molecule has 1 fully saturated rings. The van der Waals surface area contributed by atoms with Crippen molar-refractivity contribution in [2.24, 2.45) is 5.41 Å². The Bertz CT molecular complexity index is 2630. The van der Waals surface area contributed by atoms with Crippen LogP contribution in [0.4, 0.5) is 5.69 Å². The number of H-pyrrole nitrogens is 1. The molecule has 1 aliphatic rings. The molecule has 1 saturated heterocycles. The number of ether oxygens (including phenoxy) is 3. The number of amides is 4. The van der Waals surface area contributed by atoms with Crippen LogP contribution in [-0.4, -0.2) is 92.2 Å². The van der Waals surface area contributed by atoms with E-state index in [1.54, 1.807) is 78.2 Å². The van der Waals surface area contributed by atoms with Crippen LogP contribution in [0.15, 0.2) is 103 Å². The first-order chi connectivity index (χ1) is 31.2. The summed E-state index contributed by atoms with van der Waals surface area (Å²) in [4.78, 5) is 65.5. The second-order valence-electron chi connectivity index (χ2n) is 16.8. The molecule has 0 unspecified atom stereocenters. The fourth-order valence-electron chi connectivity index (χ4n) is 7.42. The van der Waals surface area contributed by atoms with E-state index in [0.29, 0.717) is 34.3 Å². The van der Waals surface area contributed by atoms with Gasteiger partial charge < -0.3 is 40.2 Å². The Kier molecular flexibility index (Phi) is 14.2. The number of aliphatic hydroxyl groups is 1. The van der Waals surface area contributed by atoms with Gasteiger partial charge in [-0.25, -0.2) is 9.97 Å². The number of methoxy groups -OCH3 is 1. The molecule has 4 amide bonds. The molecule has 6 aromatic rings. The van der Waals surface area contributed by atoms with Crippen molar-refractivity contribution in [3.05, 3.63) is 125 Å². The Morgan fingerprint density at radius 1 is 0.954 bits per heavy atom. The summed E-state index contributed by atoms with van der Waals surface area (Å²) in [5.74, 6) is -0.553. The van der Waals surface area contributed by atoms with E-state index in [2.05, 4.69) is 36.1 Å². The molecular weight excluding hydrogens is 849 g/mol. The minimum Gasteiger partial charge on any atom is -0.494 e. The Morgan fingerprint density at radius 3 is 2.43 bits per heavy atom. The predicted molar refractivity (Wildman–Crippen MR) is 245 cm³/mol. The fraction of sp³-hybridized carbons (Fsp3) is 0.312. The van der Waals surface area contributed by atoms with E-state index in [9.17, 15) is 24.3 Å². The first-order valence-corrected chi connectivity index (χ1v) is 21.9. The maximum atomic E-state index is 14.2. The molecule has 0 bridgehead atoms. The van der Waals surface area contributed by atoms with Crippen molar-refractivity contribution < 1.29 is 38.5 Å². The van der Waals surface area contributed by atoms with Crippen LogP contribution < -0.4 is 30.2 Å². The number of aromatic amines is 1. The highest BCUT2D eigenvalue weighted by molar-refractivity contribution is 7.13. The Labute approximate surface area is 380 Å². The number of β-amino-alcohol motifs (C(OH)–C–C–N with tert-alkyl or cyclic N) is 1. The number of aliphatic hydroxyl groups excluding tert-OH is 1. The lowest BCUT2D eigenvalue weighted by molar-refractivity contribution is -0.144. The van der Waals surface area contributed by atoms with Crippen LogP contribution in [0.1, 0.15) is 67.5 Å². The molecule has 4 heterocycles. The van der Waals surface area contributed by atoms with E-state index in [-0.39, 0.29) is 37.9 Å². The number of hydrogen-bond donors (Lipinski definition) is 5. The Hall–Kier alpha value is -7.11. The van der Waals surface area contributed by atoms with Crippen LogP contribution in [0.5, 0.6) is 17.2 Å². The topological polar surface area (TPSA) is 210 Å². The molecule has 338 valence electrons. The van der Waals surface area contributed by atoms with Crippen LogP contribution in [0.3, 0.4) is 0 Å². The summed E-state index contributed by atoms with van der Waals surface area (Å²) in [5, 5.41) is 26.1. The number of aryl methyl sites for hydroxylation is 1. The number of hydrogen-bond acceptors (Lipinski definition) is 12. The molecule has 1 aliphatic heterocycles. The number of carbonyl (C=O) groups is 4. The number of likely N-dealkylation sites (tertiary alicyclic amines) is 1. The SMILES string of the molecule is COc1cc(OCc2cccc(OCC(=O)N[C@H](C(=O)N3C[C@H](O)C[C@H]3C(=O)N[C@@H](C)c3ccc(-c4scnc4C)cc3)C(C)(C)C)c2)ccc1NC(=O)c1cccc(-c2ccn[nH]2)n1. The molecule has 16 nitrogen and oxygen atoms in total. The Morgan fingerprint density at radius 2 is 1.72 bits per heavy atom. The van der Waals surface area contributed by atoms with Gasteiger partial charge in [-0.15, -0.1) is 11.3 Å². The predicted octanol–water partition coefficient (Wildman–Crippen LogP) is 6.49. The third kappa shape index (κ3) is 11.3. The number of thiazole rings is 1. The highest BCUT2D eigenvalue weighted by Crippen LogP contribution is 2.32. The number of nitrogens with zero attached hydrogens (tertiary/aromatic N) is 4. The van der Waals surface area contributed by atoms with Crippen LogP contribution in [0, 0.1) is 12.3 Å². The number of benzene rings is 3. The average molecular weight is 901 g/mol. The van der Waals surface area contributed by atoms with Gasteiger partial charge in [0.1, 0.15) is 41.6 Å². The average Bonchev–Trinajstić information content (AvgIpc) is 4.09. The standard InChI is InChI=1S/C48H52N8O8S/c1-28(31-13-15-32(16-14-31)43-29(2)49-27-65-43)51-46(60)40-22-33(57)24-56(40)47(61)44(48(3,4)5)54-42(58)26-64-34-10-7-9-30(21-34)25-63-35-17-18-38(41(23-35)62-6)53-45(59)39-12-8-11-36(52-39)37-19-20-50-55-37/h7-21,23,27-28,33,40,44,57H,22,24-26H2,1-6H3,(H,50,55)(H,51,60)(H,53,59)(H,54,58)/t28-,33+,40-,44+/m0/s1. The van der Waals surface area contributed by atoms with Crippen molar-refractivity contribution in [3.8, 4) is 39.1 Å². The van der Waals surface area contributed by atoms with Gasteiger partial charge in [-0.05, 0) is 78.4 Å². The third-order valence-electron chi connectivity index (χ3n) is 10.9. The largest absolute Gasteiger partial charge is 0.494 e. The van der Waals surface area contributed by atoms with Gasteiger partial charge in [-0.3, -0.25) is 24.3 Å². The van der Waals surface area contributed by atoms with Gasteiger partial charge in [0.2, 0.25) is 11.8 Å². The summed E-state index contributed by atoms with van der Waals surface area (Å²) in [7, 11) is 1.49. The zero-order valence-electron chi connectivity index (χ0n) is 37.0. The molecule has 0 radical (unpaired) electrons. The van der Waals surface area contributed by atoms with Crippen LogP contribution in [0.2, 0.25) is 0 Å². The number of nitrogens with one attached hydrogen (secondary N) is 4. The third-order valence-corrected chi connectivity index (χ3v) is 11.9. The molecule has 0 spiro atoms. The maximum Gasteiger partial charge on any atom is 0.274 e. The summed E-state index contributed by atoms with van der Waals surface area (Å²) in [6, 6.07) is 24.6. The minimum absolute atomic E-state index is 0.0456. The monoisotopic (exact) mass is 900 g/mol. The lowest BCUT2D eigenvalue weighted by Gasteiger charge is -2.35. The van der Waals surface area contributed by atoms with E-state index < -0.39 is 47.2 Å². The summed E-state index contributed by atoms with van der Waals surface area (Å²) < 4.78 is 17.4. The first-order valence-electron chi connectivity index (χ1n) is 21.1. The van der Waals surface area contributed by atoms with E-state index in [4.69, 9.17) is 14.2 Å². The zero-order chi connectivity index (χ0) is 46.3. The van der Waals surface area contributed by atoms with Crippen molar-refractivity contribution in [2.45, 2.75) is 71.9 Å². The van der Waals surface area contributed by atoms with E-state index in [1.165, 1.54) is 12.0 Å². The van der Waals surface area contributed by atoms with Crippen LogP contribution in [-0.2, 0) is 21.0 Å². The molecule has 5 N–H and O–H groups in total. The summed E-state index contributed by atoms with van der Waals surface area (Å²) in [6.07, 6.45) is 0.774. The van der Waals surface area contributed by atoms with E-state index in [0.717, 1.165) is 27.3 Å². The molecule has 3 aromatic heterocycles. The summed E-state index contributed by atoms with van der Waals surface area (Å²) in [6.45, 7) is 9.01. The smallest absolute Gasteiger partial charge is 0.274 e. The zero-order valence-corrected chi connectivity index (χ0v) is 37.8. The van der Waals surface area contributed by atoms with Crippen LogP contribution >= 0.6 is 11.3 Å². The molecule has 7 rings (SSSR count). The molecular formula is C48H52N8O8S. The van der Waals surface area contributed by atoms with Crippen molar-refractivity contribution in [1.82, 2.24) is 35.7 Å². The van der Waals surface area contributed by atoms with Gasteiger partial charge >= 0.3 is 0 Å². The number of aromatic nitrogens is 4. The second-order valence-corrected chi connectivity index (χ2v) is 17.7. The molecule has 3 aromatic carbocycles. The molecule has 17 heteroatoms. The van der Waals surface area contributed by atoms with Gasteiger partial charge in [0.05, 0.1) is 52.4 Å². The fourth-order valence-corrected chi connectivity index (χ4v) is 8.23. The van der Waals surface area contributed by atoms with Crippen molar-refractivity contribution >= 4 is 40.7 Å². The maximum absolute atomic E-state index is 14.2. The van der Waals surface area contributed by atoms with Gasteiger partial charge in [0.25, 0.3) is 11.8 Å². The van der Waals surface area contributed by atoms with Crippen molar-refractivity contribution in [2.75, 3.05) is 25.6 Å². The number of rotatable bonds is 16. The number of pyridine rings is 1. The number of carbonyl (C=O) groups excluding carboxylic acids is 4. The highest BCUT2D eigenvalue weighted by Gasteiger charge is 2.44. The highest BCUT2D eigenvalue weighted by atomic mass is 32.1. The van der Waals surface area contributed by atoms with Crippen molar-refractivity contribution in [3.63, 3.8) is 0 Å². The molecule has 4 atom stereocenters. The molecule has 0 saturated carbocycles. The molecule has 65 heavy (non-hydrogen) atoms. The summed E-state index contributed by atoms with van der Waals surface area (Å²) in [5.41, 5.74) is 6.59. The van der Waals surface area contributed by atoms with E-state index in [1.807, 2.05) is 70.5 Å². The number of anilines is 1. The van der Waals surface area contributed by atoms with E-state index >= 15 is 0 Å². The first kappa shape index (κ1) is 45.9.